The topological polar surface area (TPSA) is 72.5 Å². The first-order valence-electron chi connectivity index (χ1n) is 8.26. The number of esters is 1. The number of methoxy groups -OCH3 is 1. The molecule has 0 aromatic rings. The standard InChI is InChI=1S/C16H32O7/c1-3-4-6-19-8-10-21-12-14-23-15-13-22-11-9-20-7-5-16(17)18-2/h3-15H2,1-2H3. The third-order valence-electron chi connectivity index (χ3n) is 2.81. The molecule has 0 unspecified atom stereocenters. The van der Waals surface area contributed by atoms with Crippen LogP contribution in [0.1, 0.15) is 26.2 Å². The largest absolute Gasteiger partial charge is 0.469 e. The summed E-state index contributed by atoms with van der Waals surface area (Å²) in [5.41, 5.74) is 0. The number of rotatable bonds is 18. The van der Waals surface area contributed by atoms with Crippen molar-refractivity contribution in [1.82, 2.24) is 0 Å². The summed E-state index contributed by atoms with van der Waals surface area (Å²) in [5.74, 6) is -0.269. The molecule has 0 saturated carbocycles. The Bertz CT molecular complexity index is 249. The molecule has 138 valence electrons. The summed E-state index contributed by atoms with van der Waals surface area (Å²) in [6.07, 6.45) is 2.51. The minimum atomic E-state index is -0.269. The van der Waals surface area contributed by atoms with Crippen LogP contribution in [0.3, 0.4) is 0 Å². The van der Waals surface area contributed by atoms with E-state index in [1.54, 1.807) is 0 Å². The van der Waals surface area contributed by atoms with Gasteiger partial charge in [-0.05, 0) is 6.42 Å². The summed E-state index contributed by atoms with van der Waals surface area (Å²) in [6, 6.07) is 0. The van der Waals surface area contributed by atoms with Crippen molar-refractivity contribution in [3.8, 4) is 0 Å². The van der Waals surface area contributed by atoms with Crippen molar-refractivity contribution in [3.63, 3.8) is 0 Å². The van der Waals surface area contributed by atoms with Crippen LogP contribution in [0.25, 0.3) is 0 Å². The molecule has 0 N–H and O–H groups in total. The Labute approximate surface area is 139 Å². The predicted molar refractivity (Wildman–Crippen MR) is 85.6 cm³/mol. The molecule has 0 saturated heterocycles. The Kier molecular flexibility index (Phi) is 18.7. The lowest BCUT2D eigenvalue weighted by atomic mass is 10.4. The number of hydrogen-bond acceptors (Lipinski definition) is 7. The Morgan fingerprint density at radius 3 is 1.43 bits per heavy atom. The van der Waals surface area contributed by atoms with Crippen LogP contribution in [-0.4, -0.2) is 79.1 Å². The quantitative estimate of drug-likeness (QED) is 0.277. The molecule has 0 aliphatic carbocycles. The molecule has 0 aliphatic heterocycles. The van der Waals surface area contributed by atoms with Crippen molar-refractivity contribution in [2.75, 3.05) is 73.2 Å². The van der Waals surface area contributed by atoms with Crippen LogP contribution in [-0.2, 0) is 33.2 Å². The zero-order chi connectivity index (χ0) is 17.0. The van der Waals surface area contributed by atoms with Crippen molar-refractivity contribution in [2.45, 2.75) is 26.2 Å². The Balaban J connectivity index is 2.99. The van der Waals surface area contributed by atoms with Gasteiger partial charge in [0.25, 0.3) is 0 Å². The van der Waals surface area contributed by atoms with Gasteiger partial charge in [-0.3, -0.25) is 4.79 Å². The number of carbonyl (C=O) groups excluding carboxylic acids is 1. The summed E-state index contributed by atoms with van der Waals surface area (Å²) in [5, 5.41) is 0. The van der Waals surface area contributed by atoms with Crippen molar-refractivity contribution in [3.05, 3.63) is 0 Å². The normalized spacial score (nSPS) is 10.9. The van der Waals surface area contributed by atoms with Crippen LogP contribution in [0.4, 0.5) is 0 Å². The van der Waals surface area contributed by atoms with Crippen LogP contribution < -0.4 is 0 Å². The molecule has 0 aromatic heterocycles. The maximum atomic E-state index is 10.8. The second-order valence-electron chi connectivity index (χ2n) is 4.74. The minimum absolute atomic E-state index is 0.267. The second-order valence-corrected chi connectivity index (χ2v) is 4.74. The Morgan fingerprint density at radius 2 is 1.04 bits per heavy atom. The lowest BCUT2D eigenvalue weighted by Crippen LogP contribution is -2.14. The van der Waals surface area contributed by atoms with Crippen LogP contribution in [0, 0.1) is 0 Å². The van der Waals surface area contributed by atoms with Crippen LogP contribution in [0.5, 0.6) is 0 Å². The highest BCUT2D eigenvalue weighted by atomic mass is 16.6. The van der Waals surface area contributed by atoms with E-state index < -0.39 is 0 Å². The van der Waals surface area contributed by atoms with E-state index in [0.717, 1.165) is 19.4 Å². The van der Waals surface area contributed by atoms with Crippen molar-refractivity contribution in [2.24, 2.45) is 0 Å². The first kappa shape index (κ1) is 22.3. The Hall–Kier alpha value is -0.730. The number of hydrogen-bond donors (Lipinski definition) is 0. The van der Waals surface area contributed by atoms with Crippen LogP contribution in [0.2, 0.25) is 0 Å². The van der Waals surface area contributed by atoms with Gasteiger partial charge in [-0.25, -0.2) is 0 Å². The molecular weight excluding hydrogens is 304 g/mol. The molecule has 7 heteroatoms. The molecule has 0 radical (unpaired) electrons. The molecule has 0 heterocycles. The molecule has 0 aliphatic rings. The first-order valence-corrected chi connectivity index (χ1v) is 8.26. The molecule has 0 rings (SSSR count). The molecule has 0 atom stereocenters. The van der Waals surface area contributed by atoms with Gasteiger partial charge in [-0.15, -0.1) is 0 Å². The predicted octanol–water partition coefficient (Wildman–Crippen LogP) is 1.43. The van der Waals surface area contributed by atoms with Gasteiger partial charge in [0.2, 0.25) is 0 Å². The smallest absolute Gasteiger partial charge is 0.307 e. The average Bonchev–Trinajstić information content (AvgIpc) is 2.57. The highest BCUT2D eigenvalue weighted by molar-refractivity contribution is 5.69. The fourth-order valence-electron chi connectivity index (χ4n) is 1.49. The molecule has 0 bridgehead atoms. The number of carbonyl (C=O) groups is 1. The molecule has 0 aromatic carbocycles. The van der Waals surface area contributed by atoms with Crippen molar-refractivity contribution >= 4 is 5.97 Å². The van der Waals surface area contributed by atoms with Crippen molar-refractivity contribution in [1.29, 1.82) is 0 Å². The van der Waals surface area contributed by atoms with Gasteiger partial charge in [0, 0.05) is 6.61 Å². The summed E-state index contributed by atoms with van der Waals surface area (Å²) >= 11 is 0. The van der Waals surface area contributed by atoms with E-state index in [-0.39, 0.29) is 12.4 Å². The fourth-order valence-corrected chi connectivity index (χ4v) is 1.49. The van der Waals surface area contributed by atoms with E-state index >= 15 is 0 Å². The zero-order valence-corrected chi connectivity index (χ0v) is 14.6. The van der Waals surface area contributed by atoms with Gasteiger partial charge >= 0.3 is 5.97 Å². The average molecular weight is 336 g/mol. The van der Waals surface area contributed by atoms with E-state index in [1.807, 2.05) is 0 Å². The van der Waals surface area contributed by atoms with E-state index in [1.165, 1.54) is 7.11 Å². The molecular formula is C16H32O7. The highest BCUT2D eigenvalue weighted by Crippen LogP contribution is 1.89. The van der Waals surface area contributed by atoms with Gasteiger partial charge in [-0.2, -0.15) is 0 Å². The summed E-state index contributed by atoms with van der Waals surface area (Å²) in [6.45, 7) is 7.63. The fraction of sp³-hybridized carbons (Fsp3) is 0.938. The third-order valence-corrected chi connectivity index (χ3v) is 2.81. The highest BCUT2D eigenvalue weighted by Gasteiger charge is 1.99. The van der Waals surface area contributed by atoms with Gasteiger partial charge in [0.1, 0.15) is 0 Å². The van der Waals surface area contributed by atoms with E-state index in [2.05, 4.69) is 11.7 Å². The SMILES string of the molecule is CCCCOCCOCCOCCOCCOCCC(=O)OC. The maximum Gasteiger partial charge on any atom is 0.307 e. The molecule has 23 heavy (non-hydrogen) atoms. The monoisotopic (exact) mass is 336 g/mol. The van der Waals surface area contributed by atoms with Gasteiger partial charge in [0.15, 0.2) is 0 Å². The molecule has 0 spiro atoms. The van der Waals surface area contributed by atoms with Gasteiger partial charge in [0.05, 0.1) is 73.0 Å². The third kappa shape index (κ3) is 19.2. The van der Waals surface area contributed by atoms with E-state index in [0.29, 0.717) is 59.5 Å². The lowest BCUT2D eigenvalue weighted by molar-refractivity contribution is -0.141. The van der Waals surface area contributed by atoms with E-state index in [9.17, 15) is 4.79 Å². The Morgan fingerprint density at radius 1 is 0.652 bits per heavy atom. The first-order chi connectivity index (χ1) is 11.3. The zero-order valence-electron chi connectivity index (χ0n) is 14.6. The molecule has 7 nitrogen and oxygen atoms in total. The van der Waals surface area contributed by atoms with Crippen LogP contribution >= 0.6 is 0 Å². The summed E-state index contributed by atoms with van der Waals surface area (Å²) < 4.78 is 31.1. The molecule has 0 amide bonds. The number of unbranched alkanes of at least 4 members (excludes halogenated alkanes) is 1. The maximum absolute atomic E-state index is 10.8. The van der Waals surface area contributed by atoms with Gasteiger partial charge in [-0.1, -0.05) is 13.3 Å². The van der Waals surface area contributed by atoms with Crippen molar-refractivity contribution < 1.29 is 33.2 Å². The van der Waals surface area contributed by atoms with Crippen LogP contribution in [0.15, 0.2) is 0 Å². The summed E-state index contributed by atoms with van der Waals surface area (Å²) in [4.78, 5) is 10.8. The minimum Gasteiger partial charge on any atom is -0.469 e. The summed E-state index contributed by atoms with van der Waals surface area (Å²) in [7, 11) is 1.36. The van der Waals surface area contributed by atoms with Gasteiger partial charge < -0.3 is 28.4 Å². The lowest BCUT2D eigenvalue weighted by Gasteiger charge is -2.07. The van der Waals surface area contributed by atoms with E-state index in [4.69, 9.17) is 23.7 Å². The molecule has 0 fully saturated rings. The second kappa shape index (κ2) is 19.3. The number of ether oxygens (including phenoxy) is 6.